The van der Waals surface area contributed by atoms with Crippen molar-refractivity contribution in [3.63, 3.8) is 0 Å². The quantitative estimate of drug-likeness (QED) is 0.474. The molecule has 0 radical (unpaired) electrons. The fourth-order valence-corrected chi connectivity index (χ4v) is 4.71. The van der Waals surface area contributed by atoms with Gasteiger partial charge in [0.25, 0.3) is 0 Å². The van der Waals surface area contributed by atoms with Gasteiger partial charge in [0, 0.05) is 27.9 Å². The van der Waals surface area contributed by atoms with Gasteiger partial charge in [-0.3, -0.25) is 4.68 Å². The third kappa shape index (κ3) is 3.72. The fraction of sp³-hybridized carbons (Fsp3) is 0.136. The summed E-state index contributed by atoms with van der Waals surface area (Å²) in [5.41, 5.74) is 3.92. The first-order chi connectivity index (χ1) is 13.1. The molecular formula is C22H20N2OS2. The summed E-state index contributed by atoms with van der Waals surface area (Å²) in [6, 6.07) is 22.4. The lowest BCUT2D eigenvalue weighted by atomic mass is 10.0. The highest BCUT2D eigenvalue weighted by Crippen LogP contribution is 2.41. The molecule has 0 saturated heterocycles. The number of hydrogen-bond acceptors (Lipinski definition) is 4. The highest BCUT2D eigenvalue weighted by atomic mass is 32.2. The van der Waals surface area contributed by atoms with E-state index >= 15 is 0 Å². The Kier molecular flexibility index (Phi) is 5.16. The molecule has 1 N–H and O–H groups in total. The van der Waals surface area contributed by atoms with Crippen molar-refractivity contribution in [2.24, 2.45) is 7.05 Å². The monoisotopic (exact) mass is 392 g/mol. The number of aromatic nitrogens is 2. The molecule has 27 heavy (non-hydrogen) atoms. The van der Waals surface area contributed by atoms with Crippen LogP contribution in [0.1, 0.15) is 22.1 Å². The van der Waals surface area contributed by atoms with Crippen molar-refractivity contribution in [1.29, 1.82) is 0 Å². The Labute approximate surface area is 167 Å². The third-order valence-electron chi connectivity index (χ3n) is 4.40. The third-order valence-corrected chi connectivity index (χ3v) is 6.51. The molecule has 0 aliphatic carbocycles. The molecule has 1 atom stereocenters. The summed E-state index contributed by atoms with van der Waals surface area (Å²) < 4.78 is 1.87. The molecule has 4 rings (SSSR count). The molecule has 0 spiro atoms. The van der Waals surface area contributed by atoms with E-state index in [-0.39, 0.29) is 0 Å². The topological polar surface area (TPSA) is 38.1 Å². The van der Waals surface area contributed by atoms with Crippen LogP contribution >= 0.6 is 23.1 Å². The smallest absolute Gasteiger partial charge is 0.118 e. The highest BCUT2D eigenvalue weighted by molar-refractivity contribution is 7.99. The molecule has 0 bridgehead atoms. The number of aliphatic hydroxyl groups is 1. The average molecular weight is 393 g/mol. The van der Waals surface area contributed by atoms with Gasteiger partial charge in [-0.1, -0.05) is 65.9 Å². The van der Waals surface area contributed by atoms with E-state index in [1.54, 1.807) is 23.1 Å². The number of aryl methyl sites for hydroxylation is 2. The van der Waals surface area contributed by atoms with Crippen LogP contribution in [0.3, 0.4) is 0 Å². The molecule has 3 nitrogen and oxygen atoms in total. The van der Waals surface area contributed by atoms with E-state index in [4.69, 9.17) is 5.10 Å². The maximum absolute atomic E-state index is 11.2. The van der Waals surface area contributed by atoms with Crippen LogP contribution in [0.2, 0.25) is 0 Å². The maximum atomic E-state index is 11.2. The van der Waals surface area contributed by atoms with E-state index in [1.165, 1.54) is 5.56 Å². The zero-order chi connectivity index (χ0) is 18.8. The number of benzene rings is 2. The first-order valence-electron chi connectivity index (χ1n) is 8.72. The number of nitrogens with zero attached hydrogens (tertiary/aromatic N) is 2. The summed E-state index contributed by atoms with van der Waals surface area (Å²) in [5, 5.41) is 18.9. The summed E-state index contributed by atoms with van der Waals surface area (Å²) in [4.78, 5) is 2.05. The summed E-state index contributed by atoms with van der Waals surface area (Å²) in [6.07, 6.45) is -0.707. The molecule has 0 fully saturated rings. The lowest BCUT2D eigenvalue weighted by Gasteiger charge is -2.13. The highest BCUT2D eigenvalue weighted by Gasteiger charge is 2.26. The molecule has 0 saturated carbocycles. The van der Waals surface area contributed by atoms with E-state index in [9.17, 15) is 5.11 Å². The zero-order valence-electron chi connectivity index (χ0n) is 15.2. The van der Waals surface area contributed by atoms with Crippen LogP contribution in [0.15, 0.2) is 82.0 Å². The summed E-state index contributed by atoms with van der Waals surface area (Å²) >= 11 is 3.20. The Hall–Kier alpha value is -2.34. The maximum Gasteiger partial charge on any atom is 0.118 e. The van der Waals surface area contributed by atoms with E-state index in [0.29, 0.717) is 0 Å². The zero-order valence-corrected chi connectivity index (χ0v) is 16.8. The van der Waals surface area contributed by atoms with Gasteiger partial charge in [0.05, 0.1) is 5.69 Å². The van der Waals surface area contributed by atoms with E-state index in [2.05, 4.69) is 31.2 Å². The van der Waals surface area contributed by atoms with Gasteiger partial charge in [-0.05, 0) is 30.5 Å². The number of aliphatic hydroxyl groups excluding tert-OH is 1. The molecule has 2 heterocycles. The Morgan fingerprint density at radius 1 is 1.00 bits per heavy atom. The predicted octanol–water partition coefficient (Wildman–Crippen LogP) is 5.69. The first kappa shape index (κ1) is 18.0. The van der Waals surface area contributed by atoms with Gasteiger partial charge in [-0.15, -0.1) is 11.3 Å². The molecule has 2 aromatic carbocycles. The van der Waals surface area contributed by atoms with E-state index in [1.807, 2.05) is 59.6 Å². The van der Waals surface area contributed by atoms with Gasteiger partial charge in [-0.25, -0.2) is 0 Å². The minimum Gasteiger partial charge on any atom is -0.383 e. The fourth-order valence-electron chi connectivity index (χ4n) is 3.01. The minimum absolute atomic E-state index is 0.707. The van der Waals surface area contributed by atoms with Crippen molar-refractivity contribution in [1.82, 2.24) is 9.78 Å². The van der Waals surface area contributed by atoms with Crippen LogP contribution in [-0.2, 0) is 7.05 Å². The second-order valence-corrected chi connectivity index (χ2v) is 8.43. The Bertz CT molecular complexity index is 1020. The average Bonchev–Trinajstić information content (AvgIpc) is 3.33. The SMILES string of the molecule is Cc1ccc(Sc2c([C@@H](O)c3cccs3)c(-c3ccccc3)nn2C)cc1. The van der Waals surface area contributed by atoms with Crippen molar-refractivity contribution in [2.45, 2.75) is 22.9 Å². The summed E-state index contributed by atoms with van der Waals surface area (Å²) in [5.74, 6) is 0. The molecule has 0 unspecified atom stereocenters. The van der Waals surface area contributed by atoms with Crippen LogP contribution in [0.5, 0.6) is 0 Å². The Morgan fingerprint density at radius 3 is 2.41 bits per heavy atom. The summed E-state index contributed by atoms with van der Waals surface area (Å²) in [7, 11) is 1.94. The van der Waals surface area contributed by atoms with Crippen LogP contribution in [0.4, 0.5) is 0 Å². The Balaban J connectivity index is 1.84. The molecule has 5 heteroatoms. The lowest BCUT2D eigenvalue weighted by molar-refractivity contribution is 0.221. The first-order valence-corrected chi connectivity index (χ1v) is 10.4. The predicted molar refractivity (Wildman–Crippen MR) is 112 cm³/mol. The van der Waals surface area contributed by atoms with E-state index < -0.39 is 6.10 Å². The molecule has 136 valence electrons. The molecule has 4 aromatic rings. The van der Waals surface area contributed by atoms with Gasteiger partial charge in [0.1, 0.15) is 11.1 Å². The van der Waals surface area contributed by atoms with Crippen LogP contribution in [0, 0.1) is 6.92 Å². The van der Waals surface area contributed by atoms with Crippen LogP contribution in [-0.4, -0.2) is 14.9 Å². The minimum atomic E-state index is -0.707. The van der Waals surface area contributed by atoms with E-state index in [0.717, 1.165) is 31.6 Å². The van der Waals surface area contributed by atoms with Gasteiger partial charge in [0.2, 0.25) is 0 Å². The van der Waals surface area contributed by atoms with Crippen LogP contribution < -0.4 is 0 Å². The largest absolute Gasteiger partial charge is 0.383 e. The standard InChI is InChI=1S/C22H20N2OS2/c1-15-10-12-17(13-11-15)27-22-19(21(25)18-9-6-14-26-18)20(23-24(22)2)16-7-4-3-5-8-16/h3-14,21,25H,1-2H3/t21-/m0/s1. The van der Waals surface area contributed by atoms with Gasteiger partial charge in [0.15, 0.2) is 0 Å². The normalized spacial score (nSPS) is 12.3. The second kappa shape index (κ2) is 7.72. The van der Waals surface area contributed by atoms with Crippen molar-refractivity contribution < 1.29 is 5.11 Å². The molecule has 0 aliphatic heterocycles. The molecule has 0 aliphatic rings. The number of hydrogen-bond donors (Lipinski definition) is 1. The van der Waals surface area contributed by atoms with Gasteiger partial charge < -0.3 is 5.11 Å². The summed E-state index contributed by atoms with van der Waals surface area (Å²) in [6.45, 7) is 2.08. The van der Waals surface area contributed by atoms with Crippen LogP contribution in [0.25, 0.3) is 11.3 Å². The second-order valence-electron chi connectivity index (χ2n) is 6.39. The lowest BCUT2D eigenvalue weighted by Crippen LogP contribution is -2.01. The van der Waals surface area contributed by atoms with Crippen molar-refractivity contribution in [3.8, 4) is 11.3 Å². The molecule has 2 aromatic heterocycles. The van der Waals surface area contributed by atoms with Gasteiger partial charge >= 0.3 is 0 Å². The van der Waals surface area contributed by atoms with Crippen molar-refractivity contribution in [3.05, 3.63) is 88.1 Å². The molecular weight excluding hydrogens is 372 g/mol. The van der Waals surface area contributed by atoms with Gasteiger partial charge in [-0.2, -0.15) is 5.10 Å². The molecule has 0 amide bonds. The van der Waals surface area contributed by atoms with Crippen molar-refractivity contribution >= 4 is 23.1 Å². The Morgan fingerprint density at radius 2 is 1.74 bits per heavy atom. The number of rotatable bonds is 5. The van der Waals surface area contributed by atoms with Crippen molar-refractivity contribution in [2.75, 3.05) is 0 Å². The number of thiophene rings is 1.